The average molecular weight is 247 g/mol. The first-order valence-corrected chi connectivity index (χ1v) is 6.71. The molecule has 0 aromatic carbocycles. The predicted octanol–water partition coefficient (Wildman–Crippen LogP) is 2.55. The van der Waals surface area contributed by atoms with E-state index in [4.69, 9.17) is 0 Å². The molecular weight excluding hydrogens is 226 g/mol. The molecule has 18 heavy (non-hydrogen) atoms. The van der Waals surface area contributed by atoms with Crippen molar-refractivity contribution in [1.82, 2.24) is 10.2 Å². The van der Waals surface area contributed by atoms with Crippen LogP contribution in [0.25, 0.3) is 0 Å². The van der Waals surface area contributed by atoms with Gasteiger partial charge in [0.1, 0.15) is 5.78 Å². The number of anilines is 1. The van der Waals surface area contributed by atoms with E-state index in [1.54, 1.807) is 6.92 Å². The standard InChI is InChI=1S/C14H21N3O/c1-11(18)10-17(2)14-9-8-13(15-16-14)12-6-4-3-5-7-12/h8-9,12H,3-7,10H2,1-2H3. The zero-order valence-electron chi connectivity index (χ0n) is 11.2. The van der Waals surface area contributed by atoms with Gasteiger partial charge in [-0.15, -0.1) is 5.10 Å². The highest BCUT2D eigenvalue weighted by Crippen LogP contribution is 2.31. The summed E-state index contributed by atoms with van der Waals surface area (Å²) in [5, 5.41) is 8.56. The first-order chi connectivity index (χ1) is 8.66. The topological polar surface area (TPSA) is 46.1 Å². The lowest BCUT2D eigenvalue weighted by Crippen LogP contribution is -2.25. The average Bonchev–Trinajstić information content (AvgIpc) is 2.39. The largest absolute Gasteiger partial charge is 0.351 e. The molecule has 0 saturated heterocycles. The van der Waals surface area contributed by atoms with Crippen LogP contribution in [-0.4, -0.2) is 29.6 Å². The van der Waals surface area contributed by atoms with Gasteiger partial charge >= 0.3 is 0 Å². The lowest BCUT2D eigenvalue weighted by Gasteiger charge is -2.21. The highest BCUT2D eigenvalue weighted by Gasteiger charge is 2.17. The van der Waals surface area contributed by atoms with Gasteiger partial charge in [0.05, 0.1) is 12.2 Å². The van der Waals surface area contributed by atoms with E-state index in [-0.39, 0.29) is 5.78 Å². The Morgan fingerprint density at radius 3 is 2.56 bits per heavy atom. The number of ketones is 1. The fourth-order valence-electron chi connectivity index (χ4n) is 2.57. The lowest BCUT2D eigenvalue weighted by molar-refractivity contribution is -0.115. The third-order valence-electron chi connectivity index (χ3n) is 3.55. The summed E-state index contributed by atoms with van der Waals surface area (Å²) in [6, 6.07) is 4.04. The number of hydrogen-bond acceptors (Lipinski definition) is 4. The molecule has 0 aliphatic heterocycles. The Bertz CT molecular complexity index is 396. The summed E-state index contributed by atoms with van der Waals surface area (Å²) in [6.45, 7) is 1.97. The molecule has 0 amide bonds. The van der Waals surface area contributed by atoms with Gasteiger partial charge in [0.25, 0.3) is 0 Å². The molecule has 0 spiro atoms. The van der Waals surface area contributed by atoms with Crippen molar-refractivity contribution in [2.45, 2.75) is 44.9 Å². The van der Waals surface area contributed by atoms with Crippen LogP contribution in [0.15, 0.2) is 12.1 Å². The van der Waals surface area contributed by atoms with Crippen LogP contribution in [0.5, 0.6) is 0 Å². The Morgan fingerprint density at radius 1 is 1.28 bits per heavy atom. The van der Waals surface area contributed by atoms with Gasteiger partial charge in [-0.1, -0.05) is 19.3 Å². The number of likely N-dealkylation sites (N-methyl/N-ethyl adjacent to an activating group) is 1. The summed E-state index contributed by atoms with van der Waals surface area (Å²) in [7, 11) is 1.87. The number of Topliss-reactive ketones (excluding diaryl/α,β-unsaturated/α-hetero) is 1. The number of carbonyl (C=O) groups excluding carboxylic acids is 1. The minimum atomic E-state index is 0.135. The molecule has 1 aromatic rings. The van der Waals surface area contributed by atoms with Crippen LogP contribution in [0.4, 0.5) is 5.82 Å². The van der Waals surface area contributed by atoms with Crippen molar-refractivity contribution in [2.75, 3.05) is 18.5 Å². The highest BCUT2D eigenvalue weighted by atomic mass is 16.1. The van der Waals surface area contributed by atoms with E-state index < -0.39 is 0 Å². The molecule has 4 heteroatoms. The molecule has 4 nitrogen and oxygen atoms in total. The second kappa shape index (κ2) is 5.94. The molecule has 1 aliphatic rings. The summed E-state index contributed by atoms with van der Waals surface area (Å²) in [5.41, 5.74) is 1.11. The predicted molar refractivity (Wildman–Crippen MR) is 71.8 cm³/mol. The molecule has 0 unspecified atom stereocenters. The van der Waals surface area contributed by atoms with Crippen LogP contribution in [0.3, 0.4) is 0 Å². The molecule has 1 aliphatic carbocycles. The van der Waals surface area contributed by atoms with Crippen molar-refractivity contribution in [1.29, 1.82) is 0 Å². The van der Waals surface area contributed by atoms with Crippen molar-refractivity contribution in [3.05, 3.63) is 17.8 Å². The molecule has 1 aromatic heterocycles. The summed E-state index contributed by atoms with van der Waals surface area (Å²) in [6.07, 6.45) is 6.43. The van der Waals surface area contributed by atoms with Crippen LogP contribution in [0.1, 0.15) is 50.6 Å². The maximum Gasteiger partial charge on any atom is 0.151 e. The molecule has 0 atom stereocenters. The quantitative estimate of drug-likeness (QED) is 0.820. The maximum absolute atomic E-state index is 11.1. The van der Waals surface area contributed by atoms with E-state index in [9.17, 15) is 4.79 Å². The van der Waals surface area contributed by atoms with E-state index in [0.29, 0.717) is 12.5 Å². The Balaban J connectivity index is 2.02. The maximum atomic E-state index is 11.1. The van der Waals surface area contributed by atoms with Gasteiger partial charge in [0, 0.05) is 13.0 Å². The van der Waals surface area contributed by atoms with Crippen molar-refractivity contribution in [3.63, 3.8) is 0 Å². The fourth-order valence-corrected chi connectivity index (χ4v) is 2.57. The summed E-state index contributed by atoms with van der Waals surface area (Å²) in [5.74, 6) is 1.49. The molecule has 0 bridgehead atoms. The molecule has 0 radical (unpaired) electrons. The van der Waals surface area contributed by atoms with Crippen LogP contribution in [0.2, 0.25) is 0 Å². The van der Waals surface area contributed by atoms with Crippen molar-refractivity contribution in [3.8, 4) is 0 Å². The van der Waals surface area contributed by atoms with Gasteiger partial charge in [0.15, 0.2) is 5.82 Å². The lowest BCUT2D eigenvalue weighted by atomic mass is 9.87. The third-order valence-corrected chi connectivity index (χ3v) is 3.55. The molecule has 2 rings (SSSR count). The summed E-state index contributed by atoms with van der Waals surface area (Å²) in [4.78, 5) is 12.9. The van der Waals surface area contributed by atoms with Gasteiger partial charge in [-0.25, -0.2) is 0 Å². The second-order valence-corrected chi connectivity index (χ2v) is 5.21. The number of rotatable bonds is 4. The van der Waals surface area contributed by atoms with Gasteiger partial charge in [-0.05, 0) is 31.9 Å². The van der Waals surface area contributed by atoms with Crippen molar-refractivity contribution in [2.24, 2.45) is 0 Å². The number of hydrogen-bond donors (Lipinski definition) is 0. The normalized spacial score (nSPS) is 16.6. The molecule has 98 valence electrons. The number of aromatic nitrogens is 2. The number of carbonyl (C=O) groups is 1. The summed E-state index contributed by atoms with van der Waals surface area (Å²) >= 11 is 0. The van der Waals surface area contributed by atoms with Crippen LogP contribution in [-0.2, 0) is 4.79 Å². The molecule has 1 heterocycles. The van der Waals surface area contributed by atoms with Gasteiger partial charge in [-0.2, -0.15) is 5.10 Å². The minimum absolute atomic E-state index is 0.135. The summed E-state index contributed by atoms with van der Waals surface area (Å²) < 4.78 is 0. The van der Waals surface area contributed by atoms with E-state index in [1.165, 1.54) is 32.1 Å². The van der Waals surface area contributed by atoms with Crippen molar-refractivity contribution < 1.29 is 4.79 Å². The molecule has 1 fully saturated rings. The van der Waals surface area contributed by atoms with Crippen LogP contribution < -0.4 is 4.90 Å². The Morgan fingerprint density at radius 2 is 2.00 bits per heavy atom. The first kappa shape index (κ1) is 13.0. The van der Waals surface area contributed by atoms with E-state index in [2.05, 4.69) is 16.3 Å². The zero-order valence-corrected chi connectivity index (χ0v) is 11.2. The first-order valence-electron chi connectivity index (χ1n) is 6.71. The fraction of sp³-hybridized carbons (Fsp3) is 0.643. The van der Waals surface area contributed by atoms with Crippen molar-refractivity contribution >= 4 is 11.6 Å². The number of nitrogens with zero attached hydrogens (tertiary/aromatic N) is 3. The Kier molecular flexibility index (Phi) is 4.28. The van der Waals surface area contributed by atoms with E-state index in [0.717, 1.165) is 11.5 Å². The van der Waals surface area contributed by atoms with Gasteiger partial charge in [0.2, 0.25) is 0 Å². The zero-order chi connectivity index (χ0) is 13.0. The minimum Gasteiger partial charge on any atom is -0.351 e. The van der Waals surface area contributed by atoms with Gasteiger partial charge in [-0.3, -0.25) is 4.79 Å². The molecule has 0 N–H and O–H groups in total. The van der Waals surface area contributed by atoms with Gasteiger partial charge < -0.3 is 4.90 Å². The Labute approximate surface area is 108 Å². The highest BCUT2D eigenvalue weighted by molar-refractivity contribution is 5.80. The second-order valence-electron chi connectivity index (χ2n) is 5.21. The Hall–Kier alpha value is -1.45. The monoisotopic (exact) mass is 247 g/mol. The third kappa shape index (κ3) is 3.28. The molecule has 1 saturated carbocycles. The SMILES string of the molecule is CC(=O)CN(C)c1ccc(C2CCCCC2)nn1. The van der Waals surface area contributed by atoms with E-state index in [1.807, 2.05) is 18.0 Å². The van der Waals surface area contributed by atoms with Crippen LogP contribution >= 0.6 is 0 Å². The van der Waals surface area contributed by atoms with E-state index >= 15 is 0 Å². The van der Waals surface area contributed by atoms with Crippen LogP contribution in [0, 0.1) is 0 Å². The molecular formula is C14H21N3O. The smallest absolute Gasteiger partial charge is 0.151 e.